The lowest BCUT2D eigenvalue weighted by Gasteiger charge is -2.27. The average Bonchev–Trinajstić information content (AvgIpc) is 2.69. The number of rotatable bonds is 5. The number of pyridine rings is 1. The Kier molecular flexibility index (Phi) is 5.30. The van der Waals surface area contributed by atoms with Gasteiger partial charge in [-0.1, -0.05) is 25.1 Å². The first-order valence-corrected chi connectivity index (χ1v) is 9.66. The Morgan fingerprint density at radius 2 is 2.14 bits per heavy atom. The molecule has 0 aliphatic carbocycles. The van der Waals surface area contributed by atoms with Crippen LogP contribution in [0.15, 0.2) is 47.4 Å². The molecule has 1 aliphatic rings. The summed E-state index contributed by atoms with van der Waals surface area (Å²) in [5.41, 5.74) is 4.27. The van der Waals surface area contributed by atoms with Gasteiger partial charge < -0.3 is 4.98 Å². The molecule has 0 saturated heterocycles. The summed E-state index contributed by atoms with van der Waals surface area (Å²) in [6.07, 6.45) is 4.37. The molecule has 3 heterocycles. The molecule has 1 aliphatic heterocycles. The van der Waals surface area contributed by atoms with Crippen LogP contribution in [0.25, 0.3) is 11.3 Å². The van der Waals surface area contributed by atoms with E-state index >= 15 is 0 Å². The zero-order chi connectivity index (χ0) is 19.5. The average molecular weight is 378 g/mol. The van der Waals surface area contributed by atoms with Crippen LogP contribution in [0.1, 0.15) is 36.0 Å². The predicted molar refractivity (Wildman–Crippen MR) is 106 cm³/mol. The molecule has 1 aromatic carbocycles. The first kappa shape index (κ1) is 18.5. The fourth-order valence-corrected chi connectivity index (χ4v) is 3.62. The van der Waals surface area contributed by atoms with Gasteiger partial charge in [0.05, 0.1) is 17.0 Å². The van der Waals surface area contributed by atoms with Crippen LogP contribution in [0.2, 0.25) is 0 Å². The number of halogens is 1. The molecule has 0 unspecified atom stereocenters. The van der Waals surface area contributed by atoms with Crippen LogP contribution in [-0.2, 0) is 25.9 Å². The summed E-state index contributed by atoms with van der Waals surface area (Å²) in [5, 5.41) is 0. The Bertz CT molecular complexity index is 1030. The van der Waals surface area contributed by atoms with Gasteiger partial charge in [-0.15, -0.1) is 0 Å². The first-order valence-electron chi connectivity index (χ1n) is 9.66. The van der Waals surface area contributed by atoms with Crippen molar-refractivity contribution in [2.45, 2.75) is 39.3 Å². The van der Waals surface area contributed by atoms with Crippen LogP contribution in [-0.4, -0.2) is 26.4 Å². The minimum absolute atomic E-state index is 0.0160. The second-order valence-electron chi connectivity index (χ2n) is 7.21. The van der Waals surface area contributed by atoms with E-state index in [1.54, 1.807) is 6.07 Å². The van der Waals surface area contributed by atoms with E-state index in [1.165, 1.54) is 12.1 Å². The maximum atomic E-state index is 13.4. The lowest BCUT2D eigenvalue weighted by molar-refractivity contribution is 0.241. The fourth-order valence-electron chi connectivity index (χ4n) is 3.62. The molecule has 144 valence electrons. The normalized spacial score (nSPS) is 14.1. The van der Waals surface area contributed by atoms with Crippen molar-refractivity contribution >= 4 is 0 Å². The quantitative estimate of drug-likeness (QED) is 0.738. The summed E-state index contributed by atoms with van der Waals surface area (Å²) < 4.78 is 13.4. The third kappa shape index (κ3) is 4.02. The summed E-state index contributed by atoms with van der Waals surface area (Å²) in [6, 6.07) is 10.4. The highest BCUT2D eigenvalue weighted by molar-refractivity contribution is 5.58. The largest absolute Gasteiger partial charge is 0.310 e. The van der Waals surface area contributed by atoms with Gasteiger partial charge in [0.25, 0.3) is 5.56 Å². The number of nitrogens with one attached hydrogen (secondary N) is 1. The van der Waals surface area contributed by atoms with Crippen LogP contribution in [0.4, 0.5) is 4.39 Å². The lowest BCUT2D eigenvalue weighted by atomic mass is 10.1. The highest BCUT2D eigenvalue weighted by Crippen LogP contribution is 2.20. The van der Waals surface area contributed by atoms with Gasteiger partial charge in [-0.3, -0.25) is 14.7 Å². The molecule has 0 fully saturated rings. The summed E-state index contributed by atoms with van der Waals surface area (Å²) in [7, 11) is 0. The molecule has 0 atom stereocenters. The van der Waals surface area contributed by atoms with E-state index in [-0.39, 0.29) is 11.4 Å². The lowest BCUT2D eigenvalue weighted by Crippen LogP contribution is -2.35. The summed E-state index contributed by atoms with van der Waals surface area (Å²) >= 11 is 0. The third-order valence-corrected chi connectivity index (χ3v) is 5.03. The summed E-state index contributed by atoms with van der Waals surface area (Å²) in [4.78, 5) is 26.7. The van der Waals surface area contributed by atoms with Crippen LogP contribution < -0.4 is 5.56 Å². The maximum Gasteiger partial charge on any atom is 0.255 e. The van der Waals surface area contributed by atoms with Crippen molar-refractivity contribution in [1.29, 1.82) is 0 Å². The van der Waals surface area contributed by atoms with Crippen molar-refractivity contribution in [3.05, 3.63) is 81.4 Å². The van der Waals surface area contributed by atoms with E-state index in [1.807, 2.05) is 24.4 Å². The van der Waals surface area contributed by atoms with Crippen molar-refractivity contribution in [1.82, 2.24) is 19.9 Å². The highest BCUT2D eigenvalue weighted by Gasteiger charge is 2.21. The van der Waals surface area contributed by atoms with Gasteiger partial charge >= 0.3 is 0 Å². The highest BCUT2D eigenvalue weighted by atomic mass is 19.1. The van der Waals surface area contributed by atoms with Crippen molar-refractivity contribution in [3.63, 3.8) is 0 Å². The smallest absolute Gasteiger partial charge is 0.255 e. The fraction of sp³-hybridized carbons (Fsp3) is 0.318. The van der Waals surface area contributed by atoms with Crippen LogP contribution in [0, 0.1) is 5.82 Å². The van der Waals surface area contributed by atoms with Crippen molar-refractivity contribution in [3.8, 4) is 11.3 Å². The van der Waals surface area contributed by atoms with Crippen LogP contribution in [0.5, 0.6) is 0 Å². The Labute approximate surface area is 163 Å². The van der Waals surface area contributed by atoms with Gasteiger partial charge in [0.15, 0.2) is 0 Å². The van der Waals surface area contributed by atoms with E-state index in [0.29, 0.717) is 13.1 Å². The molecule has 6 heteroatoms. The van der Waals surface area contributed by atoms with Gasteiger partial charge in [0, 0.05) is 44.2 Å². The first-order chi connectivity index (χ1) is 13.6. The summed E-state index contributed by atoms with van der Waals surface area (Å²) in [5.74, 6) is 0.521. The molecule has 0 spiro atoms. The Balaban J connectivity index is 1.46. The molecule has 5 nitrogen and oxygen atoms in total. The second-order valence-corrected chi connectivity index (χ2v) is 7.21. The van der Waals surface area contributed by atoms with E-state index in [2.05, 4.69) is 26.8 Å². The van der Waals surface area contributed by atoms with Gasteiger partial charge in [-0.05, 0) is 30.2 Å². The Morgan fingerprint density at radius 1 is 1.25 bits per heavy atom. The minimum Gasteiger partial charge on any atom is -0.310 e. The zero-order valence-electron chi connectivity index (χ0n) is 15.9. The number of benzene rings is 1. The molecule has 0 amide bonds. The number of aromatic nitrogens is 3. The Morgan fingerprint density at radius 3 is 2.89 bits per heavy atom. The monoisotopic (exact) mass is 378 g/mol. The molecular formula is C22H23FN4O. The minimum atomic E-state index is -0.267. The molecular weight excluding hydrogens is 355 g/mol. The molecule has 0 radical (unpaired) electrons. The maximum absolute atomic E-state index is 13.4. The number of aromatic amines is 1. The number of nitrogens with zero attached hydrogens (tertiary/aromatic N) is 3. The van der Waals surface area contributed by atoms with E-state index < -0.39 is 0 Å². The molecule has 3 aromatic rings. The van der Waals surface area contributed by atoms with E-state index in [0.717, 1.165) is 59.7 Å². The molecule has 28 heavy (non-hydrogen) atoms. The molecule has 0 bridgehead atoms. The van der Waals surface area contributed by atoms with Crippen molar-refractivity contribution in [2.75, 3.05) is 6.54 Å². The molecule has 1 N–H and O–H groups in total. The van der Waals surface area contributed by atoms with Crippen molar-refractivity contribution in [2.24, 2.45) is 0 Å². The van der Waals surface area contributed by atoms with Crippen molar-refractivity contribution < 1.29 is 4.39 Å². The SMILES string of the molecule is CCCc1nc2c(c(=O)[nH]1)CN(Cc1ccc(-c3cccc(F)c3)nc1)CC2. The van der Waals surface area contributed by atoms with Gasteiger partial charge in [-0.2, -0.15) is 0 Å². The Hall–Kier alpha value is -2.86. The van der Waals surface area contributed by atoms with E-state index in [9.17, 15) is 9.18 Å². The van der Waals surface area contributed by atoms with Crippen LogP contribution in [0.3, 0.4) is 0 Å². The van der Waals surface area contributed by atoms with Crippen LogP contribution >= 0.6 is 0 Å². The number of H-pyrrole nitrogens is 1. The zero-order valence-corrected chi connectivity index (χ0v) is 15.9. The van der Waals surface area contributed by atoms with Gasteiger partial charge in [-0.25, -0.2) is 9.37 Å². The number of hydrogen-bond acceptors (Lipinski definition) is 4. The molecule has 0 saturated carbocycles. The molecule has 4 rings (SSSR count). The topological polar surface area (TPSA) is 61.9 Å². The third-order valence-electron chi connectivity index (χ3n) is 5.03. The second kappa shape index (κ2) is 8.02. The van der Waals surface area contributed by atoms with E-state index in [4.69, 9.17) is 0 Å². The predicted octanol–water partition coefficient (Wildman–Crippen LogP) is 3.48. The number of fused-ring (bicyclic) bond motifs is 1. The van der Waals surface area contributed by atoms with Gasteiger partial charge in [0.2, 0.25) is 0 Å². The molecule has 2 aromatic heterocycles. The van der Waals surface area contributed by atoms with Gasteiger partial charge in [0.1, 0.15) is 11.6 Å². The number of aryl methyl sites for hydroxylation is 1. The standard InChI is InChI=1S/C22H23FN4O/c1-2-4-21-25-20-9-10-27(14-18(20)22(28)26-21)13-15-7-8-19(24-12-15)16-5-3-6-17(23)11-16/h3,5-8,11-12H,2,4,9-10,13-14H2,1H3,(H,25,26,28). The summed E-state index contributed by atoms with van der Waals surface area (Å²) in [6.45, 7) is 4.25. The number of hydrogen-bond donors (Lipinski definition) is 1.